The normalized spacial score (nSPS) is 13.8. The lowest BCUT2D eigenvalue weighted by atomic mass is 10.1. The summed E-state index contributed by atoms with van der Waals surface area (Å²) < 4.78 is 34.0. The molecule has 0 radical (unpaired) electrons. The van der Waals surface area contributed by atoms with Crippen LogP contribution in [0.5, 0.6) is 5.88 Å². The number of hydrogen-bond acceptors (Lipinski definition) is 5. The van der Waals surface area contributed by atoms with E-state index < -0.39 is 13.0 Å². The summed E-state index contributed by atoms with van der Waals surface area (Å²) in [4.78, 5) is 25.7. The molecule has 0 atom stereocenters. The summed E-state index contributed by atoms with van der Waals surface area (Å²) in [5, 5.41) is 5.30. The van der Waals surface area contributed by atoms with Crippen molar-refractivity contribution in [2.75, 3.05) is 16.4 Å². The van der Waals surface area contributed by atoms with Gasteiger partial charge in [0.05, 0.1) is 17.7 Å². The van der Waals surface area contributed by atoms with Crippen LogP contribution in [0.4, 0.5) is 30.8 Å². The van der Waals surface area contributed by atoms with Gasteiger partial charge in [0.1, 0.15) is 11.5 Å². The summed E-state index contributed by atoms with van der Waals surface area (Å²) in [7, 11) is 1.84. The van der Waals surface area contributed by atoms with Crippen LogP contribution in [0.3, 0.4) is 0 Å². The van der Waals surface area contributed by atoms with Crippen molar-refractivity contribution in [1.82, 2.24) is 24.1 Å². The van der Waals surface area contributed by atoms with E-state index in [1.807, 2.05) is 31.4 Å². The molecule has 2 amide bonds. The molecule has 6 rings (SSSR count). The number of amides is 2. The van der Waals surface area contributed by atoms with Gasteiger partial charge in [0, 0.05) is 54.5 Å². The molecule has 4 aromatic heterocycles. The third-order valence-electron chi connectivity index (χ3n) is 5.80. The fourth-order valence-electron chi connectivity index (χ4n) is 4.23. The predicted octanol–water partition coefficient (Wildman–Crippen LogP) is 4.54. The van der Waals surface area contributed by atoms with Crippen LogP contribution in [-0.2, 0) is 13.6 Å². The quantitative estimate of drug-likeness (QED) is 0.373. The first-order valence-electron chi connectivity index (χ1n) is 10.8. The maximum Gasteiger partial charge on any atom is 0.335 e. The summed E-state index contributed by atoms with van der Waals surface area (Å²) in [5.41, 5.74) is 3.54. The number of anilines is 3. The van der Waals surface area contributed by atoms with E-state index in [1.54, 1.807) is 50.8 Å². The Morgan fingerprint density at radius 3 is 2.80 bits per heavy atom. The van der Waals surface area contributed by atoms with E-state index >= 15 is 0 Å². The van der Waals surface area contributed by atoms with Crippen molar-refractivity contribution in [2.45, 2.75) is 13.0 Å². The van der Waals surface area contributed by atoms with Crippen LogP contribution in [0, 0.1) is 0 Å². The standard InChI is InChI=1S/C24H19F2N7O2/c1-30-11-16-10-17(3-5-19(16)29-30)32-12-15-2-7-22(35-14-20(25)26)28-23(15)33(24(32)34)18-4-6-21-27-8-9-31(21)13-18/h2-11,13,20H,12,14H2,1H3. The number of halogens is 2. The van der Waals surface area contributed by atoms with E-state index in [-0.39, 0.29) is 18.5 Å². The molecule has 9 nitrogen and oxygen atoms in total. The molecule has 1 aliphatic rings. The minimum absolute atomic E-state index is 0.0239. The first-order valence-corrected chi connectivity index (χ1v) is 10.8. The molecule has 1 aliphatic heterocycles. The number of aromatic nitrogens is 5. The molecule has 35 heavy (non-hydrogen) atoms. The van der Waals surface area contributed by atoms with Gasteiger partial charge in [-0.3, -0.25) is 9.58 Å². The molecule has 0 saturated carbocycles. The minimum Gasteiger partial charge on any atom is -0.472 e. The number of hydrogen-bond donors (Lipinski definition) is 0. The molecule has 176 valence electrons. The number of carbonyl (C=O) groups excluding carboxylic acids is 1. The Hall–Kier alpha value is -4.54. The van der Waals surface area contributed by atoms with Gasteiger partial charge in [-0.1, -0.05) is 0 Å². The number of imidazole rings is 1. The van der Waals surface area contributed by atoms with Gasteiger partial charge in [0.2, 0.25) is 5.88 Å². The van der Waals surface area contributed by atoms with E-state index in [0.29, 0.717) is 17.2 Å². The highest BCUT2D eigenvalue weighted by atomic mass is 19.3. The van der Waals surface area contributed by atoms with Gasteiger partial charge in [-0.15, -0.1) is 0 Å². The van der Waals surface area contributed by atoms with Crippen LogP contribution in [0.1, 0.15) is 5.56 Å². The van der Waals surface area contributed by atoms with Crippen LogP contribution >= 0.6 is 0 Å². The fourth-order valence-corrected chi connectivity index (χ4v) is 4.23. The number of aryl methyl sites for hydroxylation is 1. The Morgan fingerprint density at radius 1 is 1.09 bits per heavy atom. The van der Waals surface area contributed by atoms with Gasteiger partial charge in [-0.25, -0.2) is 23.5 Å². The number of rotatable bonds is 5. The second-order valence-electron chi connectivity index (χ2n) is 8.16. The van der Waals surface area contributed by atoms with E-state index in [0.717, 1.165) is 22.1 Å². The minimum atomic E-state index is -2.63. The zero-order valence-electron chi connectivity index (χ0n) is 18.5. The highest BCUT2D eigenvalue weighted by Gasteiger charge is 2.34. The summed E-state index contributed by atoms with van der Waals surface area (Å²) in [5.74, 6) is 0.357. The Morgan fingerprint density at radius 2 is 1.94 bits per heavy atom. The highest BCUT2D eigenvalue weighted by molar-refractivity contribution is 6.10. The molecule has 1 aromatic carbocycles. The number of urea groups is 1. The second kappa shape index (κ2) is 8.05. The molecule has 0 fully saturated rings. The van der Waals surface area contributed by atoms with Crippen LogP contribution in [0.15, 0.2) is 67.3 Å². The smallest absolute Gasteiger partial charge is 0.335 e. The van der Waals surface area contributed by atoms with E-state index in [4.69, 9.17) is 4.74 Å². The average molecular weight is 475 g/mol. The molecular weight excluding hydrogens is 456 g/mol. The molecule has 5 heterocycles. The molecule has 0 aliphatic carbocycles. The van der Waals surface area contributed by atoms with Gasteiger partial charge >= 0.3 is 6.03 Å². The van der Waals surface area contributed by atoms with Gasteiger partial charge in [-0.2, -0.15) is 10.1 Å². The zero-order valence-corrected chi connectivity index (χ0v) is 18.5. The lowest BCUT2D eigenvalue weighted by Crippen LogP contribution is -2.45. The molecule has 5 aromatic rings. The van der Waals surface area contributed by atoms with Crippen molar-refractivity contribution >= 4 is 39.8 Å². The molecular formula is C24H19F2N7O2. The lowest BCUT2D eigenvalue weighted by molar-refractivity contribution is 0.0796. The molecule has 0 bridgehead atoms. The van der Waals surface area contributed by atoms with Crippen molar-refractivity contribution in [1.29, 1.82) is 0 Å². The number of benzene rings is 1. The van der Waals surface area contributed by atoms with Crippen LogP contribution in [0.25, 0.3) is 16.6 Å². The summed E-state index contributed by atoms with van der Waals surface area (Å²) in [6.45, 7) is -0.524. The van der Waals surface area contributed by atoms with Crippen molar-refractivity contribution in [3.63, 3.8) is 0 Å². The number of nitrogens with zero attached hydrogens (tertiary/aromatic N) is 7. The van der Waals surface area contributed by atoms with Crippen LogP contribution < -0.4 is 14.5 Å². The number of pyridine rings is 2. The van der Waals surface area contributed by atoms with E-state index in [1.165, 1.54) is 11.0 Å². The lowest BCUT2D eigenvalue weighted by Gasteiger charge is -2.36. The summed E-state index contributed by atoms with van der Waals surface area (Å²) in [6, 6.07) is 12.1. The Balaban J connectivity index is 1.46. The van der Waals surface area contributed by atoms with Crippen molar-refractivity contribution in [3.8, 4) is 5.88 Å². The largest absolute Gasteiger partial charge is 0.472 e. The maximum absolute atomic E-state index is 13.9. The molecule has 11 heteroatoms. The third-order valence-corrected chi connectivity index (χ3v) is 5.80. The molecule has 0 N–H and O–H groups in total. The summed E-state index contributed by atoms with van der Waals surface area (Å²) in [6.07, 6.45) is 4.46. The second-order valence-corrected chi connectivity index (χ2v) is 8.16. The Kier molecular flexibility index (Phi) is 4.83. The van der Waals surface area contributed by atoms with Gasteiger partial charge in [0.25, 0.3) is 6.43 Å². The topological polar surface area (TPSA) is 80.8 Å². The fraction of sp³-hybridized carbons (Fsp3) is 0.167. The maximum atomic E-state index is 13.9. The Labute approximate surface area is 197 Å². The SMILES string of the molecule is Cn1cc2cc(N3Cc4ccc(OCC(F)F)nc4N(c4ccc5nccn5c4)C3=O)ccc2n1. The van der Waals surface area contributed by atoms with Gasteiger partial charge in [-0.05, 0) is 36.4 Å². The van der Waals surface area contributed by atoms with Crippen molar-refractivity contribution in [2.24, 2.45) is 7.05 Å². The number of carbonyl (C=O) groups is 1. The van der Waals surface area contributed by atoms with Crippen molar-refractivity contribution < 1.29 is 18.3 Å². The average Bonchev–Trinajstić information content (AvgIpc) is 3.46. The third kappa shape index (κ3) is 3.70. The molecule has 0 unspecified atom stereocenters. The molecule has 0 saturated heterocycles. The van der Waals surface area contributed by atoms with Crippen LogP contribution in [-0.4, -0.2) is 43.2 Å². The molecule has 0 spiro atoms. The van der Waals surface area contributed by atoms with Gasteiger partial charge in [0.15, 0.2) is 6.61 Å². The van der Waals surface area contributed by atoms with E-state index in [9.17, 15) is 13.6 Å². The number of ether oxygens (including phenoxy) is 1. The van der Waals surface area contributed by atoms with E-state index in [2.05, 4.69) is 15.1 Å². The summed E-state index contributed by atoms with van der Waals surface area (Å²) >= 11 is 0. The van der Waals surface area contributed by atoms with Crippen LogP contribution in [0.2, 0.25) is 0 Å². The highest BCUT2D eigenvalue weighted by Crippen LogP contribution is 2.37. The monoisotopic (exact) mass is 475 g/mol. The van der Waals surface area contributed by atoms with Crippen molar-refractivity contribution in [3.05, 3.63) is 72.8 Å². The first kappa shape index (κ1) is 21.0. The Bertz CT molecular complexity index is 1580. The number of fused-ring (bicyclic) bond motifs is 3. The van der Waals surface area contributed by atoms with Gasteiger partial charge < -0.3 is 9.14 Å². The zero-order chi connectivity index (χ0) is 24.1. The first-order chi connectivity index (χ1) is 17.0. The number of alkyl halides is 2. The predicted molar refractivity (Wildman–Crippen MR) is 125 cm³/mol.